The maximum absolute atomic E-state index is 12.0. The average molecular weight is 498 g/mol. The average Bonchev–Trinajstić information content (AvgIpc) is 3.23. The van der Waals surface area contributed by atoms with Crippen LogP contribution < -0.4 is 9.64 Å². The lowest BCUT2D eigenvalue weighted by atomic mass is 9.98. The molecule has 2 aromatic heterocycles. The number of carbonyl (C=O) groups excluding carboxylic acids is 1. The lowest BCUT2D eigenvalue weighted by Crippen LogP contribution is -2.48. The maximum atomic E-state index is 12.0. The first-order valence-corrected chi connectivity index (χ1v) is 12.5. The Kier molecular flexibility index (Phi) is 7.63. The number of anilines is 2. The van der Waals surface area contributed by atoms with E-state index < -0.39 is 9.84 Å². The third kappa shape index (κ3) is 5.14. The summed E-state index contributed by atoms with van der Waals surface area (Å²) in [5, 5.41) is 0. The van der Waals surface area contributed by atoms with Crippen molar-refractivity contribution in [1.82, 2.24) is 19.9 Å². The van der Waals surface area contributed by atoms with Crippen LogP contribution in [0.4, 0.5) is 16.4 Å². The predicted octanol–water partition coefficient (Wildman–Crippen LogP) is 2.78. The van der Waals surface area contributed by atoms with Gasteiger partial charge < -0.3 is 19.3 Å². The van der Waals surface area contributed by atoms with Crippen LogP contribution in [0.1, 0.15) is 31.7 Å². The molecule has 1 fully saturated rings. The second kappa shape index (κ2) is 10.1. The highest BCUT2D eigenvalue weighted by Crippen LogP contribution is 2.37. The van der Waals surface area contributed by atoms with E-state index >= 15 is 0 Å². The van der Waals surface area contributed by atoms with E-state index in [1.807, 2.05) is 11.8 Å². The van der Waals surface area contributed by atoms with Crippen LogP contribution in [0.15, 0.2) is 29.6 Å². The van der Waals surface area contributed by atoms with Crippen molar-refractivity contribution in [2.45, 2.75) is 49.6 Å². The lowest BCUT2D eigenvalue weighted by Gasteiger charge is -2.38. The Morgan fingerprint density at radius 3 is 2.64 bits per heavy atom. The number of pyridine rings is 1. The lowest BCUT2D eigenvalue weighted by molar-refractivity contribution is 0.0431. The van der Waals surface area contributed by atoms with Gasteiger partial charge in [-0.2, -0.15) is 0 Å². The molecule has 2 unspecified atom stereocenters. The summed E-state index contributed by atoms with van der Waals surface area (Å²) in [6.07, 6.45) is 6.55. The molecule has 0 aliphatic carbocycles. The molecule has 0 saturated carbocycles. The Hall–Kier alpha value is -2.66. The molecule has 0 bridgehead atoms. The Morgan fingerprint density at radius 1 is 1.21 bits per heavy atom. The molecule has 2 aliphatic rings. The van der Waals surface area contributed by atoms with Gasteiger partial charge in [-0.25, -0.2) is 28.2 Å². The highest BCUT2D eigenvalue weighted by atomic mass is 35.5. The van der Waals surface area contributed by atoms with Crippen molar-refractivity contribution in [3.05, 3.63) is 30.2 Å². The van der Waals surface area contributed by atoms with Crippen molar-refractivity contribution in [2.75, 3.05) is 31.4 Å². The quantitative estimate of drug-likeness (QED) is 0.614. The van der Waals surface area contributed by atoms with Crippen LogP contribution in [0.5, 0.6) is 5.88 Å². The van der Waals surface area contributed by atoms with Gasteiger partial charge in [-0.1, -0.05) is 6.92 Å². The molecule has 2 aromatic rings. The molecular formula is C21H28ClN5O5S. The van der Waals surface area contributed by atoms with E-state index in [0.717, 1.165) is 18.2 Å². The monoisotopic (exact) mass is 497 g/mol. The third-order valence-electron chi connectivity index (χ3n) is 5.98. The molecule has 33 heavy (non-hydrogen) atoms. The molecule has 10 nitrogen and oxygen atoms in total. The van der Waals surface area contributed by atoms with Crippen LogP contribution in [-0.4, -0.2) is 73.0 Å². The molecule has 4 rings (SSSR count). The van der Waals surface area contributed by atoms with Gasteiger partial charge in [-0.3, -0.25) is 0 Å². The van der Waals surface area contributed by atoms with E-state index in [1.54, 1.807) is 17.0 Å². The van der Waals surface area contributed by atoms with Crippen LogP contribution in [0, 0.1) is 0 Å². The zero-order chi connectivity index (χ0) is 22.9. The number of methoxy groups -OCH3 is 1. The topological polar surface area (TPSA) is 115 Å². The SMILES string of the molecule is CCC1CC(Oc2ncnc3c2CCN3c2ccc(S(C)(=O)=O)cn2)CCN1C(=O)OC.Cl. The van der Waals surface area contributed by atoms with Crippen LogP contribution in [-0.2, 0) is 21.0 Å². The predicted molar refractivity (Wildman–Crippen MR) is 124 cm³/mol. The molecule has 1 saturated heterocycles. The Morgan fingerprint density at radius 2 is 2.00 bits per heavy atom. The minimum Gasteiger partial charge on any atom is -0.474 e. The number of amides is 1. The number of rotatable bonds is 5. The number of hydrogen-bond acceptors (Lipinski definition) is 9. The second-order valence-electron chi connectivity index (χ2n) is 8.00. The highest BCUT2D eigenvalue weighted by molar-refractivity contribution is 7.90. The van der Waals surface area contributed by atoms with Crippen molar-refractivity contribution < 1.29 is 22.7 Å². The van der Waals surface area contributed by atoms with Gasteiger partial charge in [0.05, 0.1) is 17.6 Å². The van der Waals surface area contributed by atoms with Gasteiger partial charge in [0.2, 0.25) is 5.88 Å². The molecular weight excluding hydrogens is 470 g/mol. The third-order valence-corrected chi connectivity index (χ3v) is 7.07. The molecule has 2 aliphatic heterocycles. The first kappa shape index (κ1) is 25.0. The normalized spacial score (nSPS) is 20.1. The largest absolute Gasteiger partial charge is 0.474 e. The number of ether oxygens (including phenoxy) is 2. The zero-order valence-corrected chi connectivity index (χ0v) is 20.4. The van der Waals surface area contributed by atoms with Crippen molar-refractivity contribution in [2.24, 2.45) is 0 Å². The van der Waals surface area contributed by atoms with Crippen LogP contribution in [0.25, 0.3) is 0 Å². The van der Waals surface area contributed by atoms with Gasteiger partial charge in [0.1, 0.15) is 24.1 Å². The van der Waals surface area contributed by atoms with E-state index in [2.05, 4.69) is 15.0 Å². The number of nitrogens with zero attached hydrogens (tertiary/aromatic N) is 5. The molecule has 0 aromatic carbocycles. The summed E-state index contributed by atoms with van der Waals surface area (Å²) in [4.78, 5) is 29.0. The van der Waals surface area contributed by atoms with Crippen molar-refractivity contribution in [3.8, 4) is 5.88 Å². The first-order chi connectivity index (χ1) is 15.3. The summed E-state index contributed by atoms with van der Waals surface area (Å²) in [5.41, 5.74) is 0.907. The summed E-state index contributed by atoms with van der Waals surface area (Å²) < 4.78 is 34.6. The van der Waals surface area contributed by atoms with Crippen molar-refractivity contribution >= 4 is 40.0 Å². The van der Waals surface area contributed by atoms with Crippen molar-refractivity contribution in [1.29, 1.82) is 0 Å². The molecule has 4 heterocycles. The van der Waals surface area contributed by atoms with Crippen molar-refractivity contribution in [3.63, 3.8) is 0 Å². The molecule has 0 radical (unpaired) electrons. The second-order valence-corrected chi connectivity index (χ2v) is 10.0. The standard InChI is InChI=1S/C21H27N5O5S.ClH/c1-4-14-11-15(7-9-25(14)21(27)30-2)31-20-17-8-10-26(19(17)23-13-24-20)18-6-5-16(12-22-18)32(3,28)29;/h5-6,12-15H,4,7-11H2,1-3H3;1H. The number of carbonyl (C=O) groups is 1. The van der Waals surface area contributed by atoms with Gasteiger partial charge in [0.15, 0.2) is 9.84 Å². The number of likely N-dealkylation sites (tertiary alicyclic amines) is 1. The molecule has 0 spiro atoms. The number of fused-ring (bicyclic) bond motifs is 1. The smallest absolute Gasteiger partial charge is 0.409 e. The summed E-state index contributed by atoms with van der Waals surface area (Å²) in [6.45, 7) is 3.27. The maximum Gasteiger partial charge on any atom is 0.409 e. The number of hydrogen-bond donors (Lipinski definition) is 0. The fraction of sp³-hybridized carbons (Fsp3) is 0.524. The van der Waals surface area contributed by atoms with E-state index in [9.17, 15) is 13.2 Å². The molecule has 2 atom stereocenters. The molecule has 0 N–H and O–H groups in total. The van der Waals surface area contributed by atoms with E-state index in [0.29, 0.717) is 49.9 Å². The number of halogens is 1. The van der Waals surface area contributed by atoms with Gasteiger partial charge in [0, 0.05) is 44.4 Å². The fourth-order valence-electron chi connectivity index (χ4n) is 4.27. The minimum atomic E-state index is -3.30. The zero-order valence-electron chi connectivity index (χ0n) is 18.8. The molecule has 180 valence electrons. The van der Waals surface area contributed by atoms with Gasteiger partial charge in [0.25, 0.3) is 0 Å². The minimum absolute atomic E-state index is 0. The fourth-order valence-corrected chi connectivity index (χ4v) is 4.83. The Bertz CT molecular complexity index is 1100. The summed E-state index contributed by atoms with van der Waals surface area (Å²) in [6, 6.07) is 3.29. The van der Waals surface area contributed by atoms with Gasteiger partial charge in [-0.15, -0.1) is 12.4 Å². The highest BCUT2D eigenvalue weighted by Gasteiger charge is 2.34. The number of sulfone groups is 1. The van der Waals surface area contributed by atoms with Crippen LogP contribution >= 0.6 is 12.4 Å². The summed E-state index contributed by atoms with van der Waals surface area (Å²) >= 11 is 0. The number of piperidine rings is 1. The van der Waals surface area contributed by atoms with Crippen LogP contribution in [0.2, 0.25) is 0 Å². The van der Waals surface area contributed by atoms with E-state index in [4.69, 9.17) is 9.47 Å². The molecule has 1 amide bonds. The summed E-state index contributed by atoms with van der Waals surface area (Å²) in [7, 11) is -1.90. The molecule has 12 heteroatoms. The van der Waals surface area contributed by atoms with Gasteiger partial charge >= 0.3 is 6.09 Å². The van der Waals surface area contributed by atoms with E-state index in [1.165, 1.54) is 19.6 Å². The Balaban J connectivity index is 0.00000306. The Labute approximate surface area is 199 Å². The van der Waals surface area contributed by atoms with Crippen LogP contribution in [0.3, 0.4) is 0 Å². The first-order valence-electron chi connectivity index (χ1n) is 10.6. The van der Waals surface area contributed by atoms with E-state index in [-0.39, 0.29) is 35.5 Å². The summed E-state index contributed by atoms with van der Waals surface area (Å²) in [5.74, 6) is 1.89. The van der Waals surface area contributed by atoms with Gasteiger partial charge in [-0.05, 0) is 25.0 Å². The number of aromatic nitrogens is 3.